The van der Waals surface area contributed by atoms with Crippen LogP contribution in [-0.4, -0.2) is 61.1 Å². The SMILES string of the molecule is COc1cc2cc3c(c(-c4cnc5ccc(N6CCOCC6)nn45)c2cc1OC)C(=O)OC3. The number of methoxy groups -OCH3 is 2. The minimum atomic E-state index is -0.351. The number of fused-ring (bicyclic) bond motifs is 3. The van der Waals surface area contributed by atoms with Crippen molar-refractivity contribution in [2.24, 2.45) is 0 Å². The first kappa shape index (κ1) is 19.8. The molecule has 2 aliphatic heterocycles. The summed E-state index contributed by atoms with van der Waals surface area (Å²) in [4.78, 5) is 19.5. The molecule has 1 fully saturated rings. The maximum absolute atomic E-state index is 12.8. The highest BCUT2D eigenvalue weighted by Gasteiger charge is 2.30. The summed E-state index contributed by atoms with van der Waals surface area (Å²) in [6.07, 6.45) is 1.75. The second-order valence-corrected chi connectivity index (χ2v) is 7.99. The van der Waals surface area contributed by atoms with Crippen LogP contribution in [0.5, 0.6) is 11.5 Å². The van der Waals surface area contributed by atoms with Gasteiger partial charge < -0.3 is 23.8 Å². The van der Waals surface area contributed by atoms with Crippen molar-refractivity contribution in [3.63, 3.8) is 0 Å². The molecule has 2 aromatic carbocycles. The van der Waals surface area contributed by atoms with E-state index in [0.717, 1.165) is 40.8 Å². The number of hydrogen-bond acceptors (Lipinski definition) is 8. The number of imidazole rings is 1. The molecule has 6 rings (SSSR count). The smallest absolute Gasteiger partial charge is 0.339 e. The van der Waals surface area contributed by atoms with Crippen molar-refractivity contribution in [3.05, 3.63) is 47.7 Å². The molecule has 9 nitrogen and oxygen atoms in total. The molecule has 0 amide bonds. The van der Waals surface area contributed by atoms with E-state index in [1.54, 1.807) is 24.9 Å². The first-order valence-electron chi connectivity index (χ1n) is 10.7. The monoisotopic (exact) mass is 446 g/mol. The Hall–Kier alpha value is -3.85. The Morgan fingerprint density at radius 2 is 1.79 bits per heavy atom. The zero-order valence-electron chi connectivity index (χ0n) is 18.3. The maximum Gasteiger partial charge on any atom is 0.339 e. The van der Waals surface area contributed by atoms with Gasteiger partial charge in [0.2, 0.25) is 0 Å². The lowest BCUT2D eigenvalue weighted by Gasteiger charge is -2.27. The van der Waals surface area contributed by atoms with E-state index in [9.17, 15) is 4.79 Å². The lowest BCUT2D eigenvalue weighted by Crippen LogP contribution is -2.37. The fourth-order valence-corrected chi connectivity index (χ4v) is 4.61. The van der Waals surface area contributed by atoms with Gasteiger partial charge in [-0.15, -0.1) is 5.10 Å². The summed E-state index contributed by atoms with van der Waals surface area (Å²) < 4.78 is 23.7. The number of carbonyl (C=O) groups is 1. The number of aromatic nitrogens is 3. The first-order chi connectivity index (χ1) is 16.2. The van der Waals surface area contributed by atoms with Crippen LogP contribution in [0.2, 0.25) is 0 Å². The van der Waals surface area contributed by atoms with E-state index in [1.807, 2.05) is 30.3 Å². The average molecular weight is 446 g/mol. The molecule has 0 radical (unpaired) electrons. The quantitative estimate of drug-likeness (QED) is 0.442. The van der Waals surface area contributed by atoms with Gasteiger partial charge in [0.15, 0.2) is 17.1 Å². The number of esters is 1. The Balaban J connectivity index is 1.63. The van der Waals surface area contributed by atoms with Crippen LogP contribution < -0.4 is 14.4 Å². The largest absolute Gasteiger partial charge is 0.493 e. The number of anilines is 1. The Bertz CT molecular complexity index is 1410. The highest BCUT2D eigenvalue weighted by atomic mass is 16.5. The lowest BCUT2D eigenvalue weighted by molar-refractivity contribution is 0.0535. The van der Waals surface area contributed by atoms with Crippen LogP contribution in [0, 0.1) is 0 Å². The van der Waals surface area contributed by atoms with Crippen molar-refractivity contribution in [2.45, 2.75) is 6.61 Å². The normalized spacial score (nSPS) is 15.7. The zero-order valence-corrected chi connectivity index (χ0v) is 18.3. The molecular weight excluding hydrogens is 424 g/mol. The van der Waals surface area contributed by atoms with Crippen LogP contribution in [0.1, 0.15) is 15.9 Å². The summed E-state index contributed by atoms with van der Waals surface area (Å²) in [5.41, 5.74) is 3.50. The molecule has 0 atom stereocenters. The lowest BCUT2D eigenvalue weighted by atomic mass is 9.93. The first-order valence-corrected chi connectivity index (χ1v) is 10.7. The van der Waals surface area contributed by atoms with Gasteiger partial charge in [-0.1, -0.05) is 0 Å². The molecule has 1 saturated heterocycles. The summed E-state index contributed by atoms with van der Waals surface area (Å²) in [5.74, 6) is 1.68. The summed E-state index contributed by atoms with van der Waals surface area (Å²) >= 11 is 0. The van der Waals surface area contributed by atoms with Crippen molar-refractivity contribution in [1.29, 1.82) is 0 Å². The van der Waals surface area contributed by atoms with E-state index in [2.05, 4.69) is 9.88 Å². The molecule has 4 aromatic rings. The number of benzene rings is 2. The minimum absolute atomic E-state index is 0.231. The van der Waals surface area contributed by atoms with Crippen LogP contribution >= 0.6 is 0 Å². The average Bonchev–Trinajstić information content (AvgIpc) is 3.45. The van der Waals surface area contributed by atoms with Crippen molar-refractivity contribution in [2.75, 3.05) is 45.4 Å². The van der Waals surface area contributed by atoms with Gasteiger partial charge in [-0.2, -0.15) is 0 Å². The van der Waals surface area contributed by atoms with Gasteiger partial charge in [0, 0.05) is 24.2 Å². The molecule has 168 valence electrons. The van der Waals surface area contributed by atoms with Crippen molar-refractivity contribution >= 4 is 28.2 Å². The van der Waals surface area contributed by atoms with Gasteiger partial charge >= 0.3 is 5.97 Å². The highest BCUT2D eigenvalue weighted by molar-refractivity contribution is 6.11. The van der Waals surface area contributed by atoms with Gasteiger partial charge in [0.25, 0.3) is 0 Å². The van der Waals surface area contributed by atoms with Crippen molar-refractivity contribution < 1.29 is 23.7 Å². The summed E-state index contributed by atoms with van der Waals surface area (Å²) in [5, 5.41) is 6.64. The van der Waals surface area contributed by atoms with Crippen LogP contribution in [0.25, 0.3) is 27.7 Å². The van der Waals surface area contributed by atoms with Crippen LogP contribution in [-0.2, 0) is 16.1 Å². The summed E-state index contributed by atoms with van der Waals surface area (Å²) in [7, 11) is 3.20. The number of ether oxygens (including phenoxy) is 4. The standard InChI is InChI=1S/C24H22N4O5/c1-30-18-10-14-9-15-13-33-24(29)22(15)23(16(14)11-19(18)31-2)17-12-25-20-3-4-21(26-28(17)20)27-5-7-32-8-6-27/h3-4,9-12H,5-8,13H2,1-2H3. The van der Waals surface area contributed by atoms with E-state index in [4.69, 9.17) is 24.0 Å². The molecule has 0 unspecified atom stereocenters. The molecule has 0 N–H and O–H groups in total. The number of rotatable bonds is 4. The molecule has 2 aromatic heterocycles. The van der Waals surface area contributed by atoms with Gasteiger partial charge in [-0.05, 0) is 41.1 Å². The molecule has 0 saturated carbocycles. The summed E-state index contributed by atoms with van der Waals surface area (Å²) in [6, 6.07) is 9.68. The van der Waals surface area contributed by atoms with E-state index < -0.39 is 0 Å². The van der Waals surface area contributed by atoms with Gasteiger partial charge in [0.05, 0.1) is 44.9 Å². The van der Waals surface area contributed by atoms with E-state index in [-0.39, 0.29) is 12.6 Å². The Morgan fingerprint density at radius 3 is 2.58 bits per heavy atom. The third-order valence-electron chi connectivity index (χ3n) is 6.23. The molecule has 2 aliphatic rings. The zero-order chi connectivity index (χ0) is 22.5. The Labute approximate surface area is 189 Å². The third kappa shape index (κ3) is 3.07. The molecule has 4 heterocycles. The van der Waals surface area contributed by atoms with Crippen LogP contribution in [0.3, 0.4) is 0 Å². The van der Waals surface area contributed by atoms with Crippen molar-refractivity contribution in [3.8, 4) is 22.8 Å². The number of hydrogen-bond donors (Lipinski definition) is 0. The summed E-state index contributed by atoms with van der Waals surface area (Å²) in [6.45, 7) is 3.11. The minimum Gasteiger partial charge on any atom is -0.493 e. The van der Waals surface area contributed by atoms with Crippen LogP contribution in [0.4, 0.5) is 5.82 Å². The fraction of sp³-hybridized carbons (Fsp3) is 0.292. The second kappa shape index (κ2) is 7.63. The number of nitrogens with zero attached hydrogens (tertiary/aromatic N) is 4. The predicted molar refractivity (Wildman–Crippen MR) is 121 cm³/mol. The Morgan fingerprint density at radius 1 is 1.00 bits per heavy atom. The maximum atomic E-state index is 12.8. The van der Waals surface area contributed by atoms with Gasteiger partial charge in [-0.3, -0.25) is 0 Å². The Kier molecular flexibility index (Phi) is 4.58. The molecule has 33 heavy (non-hydrogen) atoms. The van der Waals surface area contributed by atoms with Gasteiger partial charge in [-0.25, -0.2) is 14.3 Å². The number of cyclic esters (lactones) is 1. The molecule has 0 spiro atoms. The highest BCUT2D eigenvalue weighted by Crippen LogP contribution is 2.42. The van der Waals surface area contributed by atoms with E-state index in [0.29, 0.717) is 41.6 Å². The number of carbonyl (C=O) groups excluding carboxylic acids is 1. The van der Waals surface area contributed by atoms with E-state index in [1.165, 1.54) is 0 Å². The molecule has 0 aliphatic carbocycles. The van der Waals surface area contributed by atoms with Crippen molar-refractivity contribution in [1.82, 2.24) is 14.6 Å². The second-order valence-electron chi connectivity index (χ2n) is 7.99. The van der Waals surface area contributed by atoms with Crippen LogP contribution in [0.15, 0.2) is 36.5 Å². The molecular formula is C24H22N4O5. The third-order valence-corrected chi connectivity index (χ3v) is 6.23. The van der Waals surface area contributed by atoms with E-state index >= 15 is 0 Å². The topological polar surface area (TPSA) is 87.4 Å². The molecule has 0 bridgehead atoms. The predicted octanol–water partition coefficient (Wildman–Crippen LogP) is 3.07. The van der Waals surface area contributed by atoms with Gasteiger partial charge in [0.1, 0.15) is 12.4 Å². The molecule has 9 heteroatoms. The number of morpholine rings is 1. The fourth-order valence-electron chi connectivity index (χ4n) is 4.61.